The number of halogens is 1. The van der Waals surface area contributed by atoms with Crippen LogP contribution in [-0.4, -0.2) is 50.1 Å². The number of nitrogens with one attached hydrogen (secondary N) is 1. The fourth-order valence-electron chi connectivity index (χ4n) is 2.44. The monoisotopic (exact) mass is 436 g/mol. The third-order valence-corrected chi connectivity index (χ3v) is 4.63. The molecule has 1 aliphatic heterocycles. The summed E-state index contributed by atoms with van der Waals surface area (Å²) in [6.45, 7) is 12.8. The molecular weight excluding hydrogens is 407 g/mol. The fraction of sp³-hybridized carbons (Fsp3) is 0.688. The Morgan fingerprint density at radius 3 is 2.59 bits per heavy atom. The summed E-state index contributed by atoms with van der Waals surface area (Å²) in [6, 6.07) is 4.34. The Labute approximate surface area is 156 Å². The molecule has 0 unspecified atom stereocenters. The standard InChI is InChI=1S/C16H28N4S.HI/c1-4-17-16(18-8-7-14(2)3)20-11-9-19(10-12-20)15-6-5-13-21-15;/h5-6,13-14H,4,7-12H2,1-3H3,(H,17,18);1H. The van der Waals surface area contributed by atoms with E-state index in [2.05, 4.69) is 53.4 Å². The topological polar surface area (TPSA) is 30.9 Å². The molecule has 22 heavy (non-hydrogen) atoms. The first-order chi connectivity index (χ1) is 10.2. The predicted molar refractivity (Wildman–Crippen MR) is 109 cm³/mol. The lowest BCUT2D eigenvalue weighted by molar-refractivity contribution is 0.373. The van der Waals surface area contributed by atoms with Gasteiger partial charge in [0, 0.05) is 39.3 Å². The minimum Gasteiger partial charge on any atom is -0.360 e. The molecule has 1 N–H and O–H groups in total. The van der Waals surface area contributed by atoms with Gasteiger partial charge in [0.1, 0.15) is 0 Å². The second kappa shape index (κ2) is 10.3. The number of rotatable bonds is 5. The molecule has 1 aromatic rings. The molecule has 1 aliphatic rings. The molecule has 2 rings (SSSR count). The summed E-state index contributed by atoms with van der Waals surface area (Å²) in [4.78, 5) is 9.65. The highest BCUT2D eigenvalue weighted by Gasteiger charge is 2.20. The second-order valence-electron chi connectivity index (χ2n) is 5.84. The quantitative estimate of drug-likeness (QED) is 0.436. The van der Waals surface area contributed by atoms with E-state index in [0.29, 0.717) is 5.92 Å². The molecule has 4 nitrogen and oxygen atoms in total. The molecule has 0 atom stereocenters. The minimum absolute atomic E-state index is 0. The third kappa shape index (κ3) is 5.95. The van der Waals surface area contributed by atoms with Crippen LogP contribution in [0.4, 0.5) is 5.00 Å². The Hall–Kier alpha value is -0.500. The zero-order valence-electron chi connectivity index (χ0n) is 13.9. The number of thiophene rings is 1. The van der Waals surface area contributed by atoms with Crippen LogP contribution in [0, 0.1) is 5.92 Å². The lowest BCUT2D eigenvalue weighted by atomic mass is 10.1. The van der Waals surface area contributed by atoms with Crippen molar-refractivity contribution in [2.24, 2.45) is 10.9 Å². The van der Waals surface area contributed by atoms with Crippen LogP contribution in [-0.2, 0) is 0 Å². The number of piperazine rings is 1. The van der Waals surface area contributed by atoms with Crippen molar-refractivity contribution in [1.82, 2.24) is 10.2 Å². The van der Waals surface area contributed by atoms with E-state index in [1.165, 1.54) is 5.00 Å². The Kier molecular flexibility index (Phi) is 9.16. The van der Waals surface area contributed by atoms with Crippen molar-refractivity contribution in [2.45, 2.75) is 27.2 Å². The number of aliphatic imine (C=N–C) groups is 1. The average molecular weight is 436 g/mol. The van der Waals surface area contributed by atoms with Crippen LogP contribution in [0.5, 0.6) is 0 Å². The van der Waals surface area contributed by atoms with Crippen molar-refractivity contribution in [3.63, 3.8) is 0 Å². The van der Waals surface area contributed by atoms with Gasteiger partial charge in [0.15, 0.2) is 5.96 Å². The Balaban J connectivity index is 0.00000242. The first kappa shape index (κ1) is 19.5. The fourth-order valence-corrected chi connectivity index (χ4v) is 3.23. The van der Waals surface area contributed by atoms with Crippen molar-refractivity contribution >= 4 is 46.3 Å². The maximum absolute atomic E-state index is 4.78. The molecule has 1 fully saturated rings. The van der Waals surface area contributed by atoms with E-state index >= 15 is 0 Å². The molecule has 0 saturated carbocycles. The van der Waals surface area contributed by atoms with E-state index in [0.717, 1.165) is 51.6 Å². The summed E-state index contributed by atoms with van der Waals surface area (Å²) in [5, 5.41) is 6.97. The summed E-state index contributed by atoms with van der Waals surface area (Å²) in [6.07, 6.45) is 1.16. The summed E-state index contributed by atoms with van der Waals surface area (Å²) in [5.41, 5.74) is 0. The molecule has 0 radical (unpaired) electrons. The summed E-state index contributed by atoms with van der Waals surface area (Å²) < 4.78 is 0. The van der Waals surface area contributed by atoms with Crippen LogP contribution in [0.25, 0.3) is 0 Å². The van der Waals surface area contributed by atoms with Gasteiger partial charge >= 0.3 is 0 Å². The molecule has 6 heteroatoms. The van der Waals surface area contributed by atoms with Crippen LogP contribution in [0.15, 0.2) is 22.5 Å². The first-order valence-corrected chi connectivity index (χ1v) is 8.90. The summed E-state index contributed by atoms with van der Waals surface area (Å²) in [5.74, 6) is 1.80. The zero-order chi connectivity index (χ0) is 15.1. The van der Waals surface area contributed by atoms with E-state index in [1.807, 2.05) is 11.3 Å². The number of anilines is 1. The lowest BCUT2D eigenvalue weighted by Crippen LogP contribution is -2.52. The Morgan fingerprint density at radius 1 is 1.32 bits per heavy atom. The van der Waals surface area contributed by atoms with Crippen LogP contribution < -0.4 is 10.2 Å². The lowest BCUT2D eigenvalue weighted by Gasteiger charge is -2.37. The van der Waals surface area contributed by atoms with Crippen LogP contribution in [0.2, 0.25) is 0 Å². The largest absolute Gasteiger partial charge is 0.360 e. The maximum atomic E-state index is 4.78. The number of guanidine groups is 1. The third-order valence-electron chi connectivity index (χ3n) is 3.70. The number of hydrogen-bond donors (Lipinski definition) is 1. The van der Waals surface area contributed by atoms with Crippen molar-refractivity contribution in [1.29, 1.82) is 0 Å². The van der Waals surface area contributed by atoms with E-state index in [1.54, 1.807) is 0 Å². The smallest absolute Gasteiger partial charge is 0.194 e. The van der Waals surface area contributed by atoms with Crippen LogP contribution >= 0.6 is 35.3 Å². The molecule has 0 bridgehead atoms. The molecular formula is C16H29IN4S. The van der Waals surface area contributed by atoms with Gasteiger partial charge in [0.05, 0.1) is 5.00 Å². The average Bonchev–Trinajstić information content (AvgIpc) is 3.00. The van der Waals surface area contributed by atoms with Crippen LogP contribution in [0.3, 0.4) is 0 Å². The van der Waals surface area contributed by atoms with Gasteiger partial charge in [-0.3, -0.25) is 4.99 Å². The van der Waals surface area contributed by atoms with Gasteiger partial charge in [-0.1, -0.05) is 13.8 Å². The highest BCUT2D eigenvalue weighted by Crippen LogP contribution is 2.22. The minimum atomic E-state index is 0. The molecule has 0 amide bonds. The first-order valence-electron chi connectivity index (χ1n) is 8.02. The van der Waals surface area contributed by atoms with Crippen molar-refractivity contribution < 1.29 is 0 Å². The van der Waals surface area contributed by atoms with Gasteiger partial charge in [-0.2, -0.15) is 0 Å². The Morgan fingerprint density at radius 2 is 2.05 bits per heavy atom. The van der Waals surface area contributed by atoms with E-state index < -0.39 is 0 Å². The Bertz CT molecular complexity index is 425. The second-order valence-corrected chi connectivity index (χ2v) is 6.77. The van der Waals surface area contributed by atoms with Crippen molar-refractivity contribution in [2.75, 3.05) is 44.2 Å². The van der Waals surface area contributed by atoms with E-state index in [-0.39, 0.29) is 24.0 Å². The normalized spacial score (nSPS) is 15.9. The molecule has 126 valence electrons. The molecule has 0 spiro atoms. The van der Waals surface area contributed by atoms with Gasteiger partial charge in [0.2, 0.25) is 0 Å². The highest BCUT2D eigenvalue weighted by atomic mass is 127. The molecule has 0 aliphatic carbocycles. The highest BCUT2D eigenvalue weighted by molar-refractivity contribution is 14.0. The summed E-state index contributed by atoms with van der Waals surface area (Å²) >= 11 is 1.83. The molecule has 1 saturated heterocycles. The van der Waals surface area contributed by atoms with E-state index in [9.17, 15) is 0 Å². The van der Waals surface area contributed by atoms with Gasteiger partial charge in [-0.15, -0.1) is 35.3 Å². The van der Waals surface area contributed by atoms with Crippen molar-refractivity contribution in [3.8, 4) is 0 Å². The van der Waals surface area contributed by atoms with Crippen molar-refractivity contribution in [3.05, 3.63) is 17.5 Å². The summed E-state index contributed by atoms with van der Waals surface area (Å²) in [7, 11) is 0. The molecule has 0 aromatic carbocycles. The zero-order valence-corrected chi connectivity index (χ0v) is 17.1. The van der Waals surface area contributed by atoms with E-state index in [4.69, 9.17) is 4.99 Å². The SMILES string of the molecule is CCNC(=NCCC(C)C)N1CCN(c2cccs2)CC1.I. The van der Waals surface area contributed by atoms with Gasteiger partial charge < -0.3 is 15.1 Å². The van der Waals surface area contributed by atoms with Crippen LogP contribution in [0.1, 0.15) is 27.2 Å². The maximum Gasteiger partial charge on any atom is 0.194 e. The number of hydrogen-bond acceptors (Lipinski definition) is 3. The molecule has 2 heterocycles. The predicted octanol–water partition coefficient (Wildman–Crippen LogP) is 3.50. The van der Waals surface area contributed by atoms with Gasteiger partial charge in [0.25, 0.3) is 0 Å². The number of nitrogens with zero attached hydrogens (tertiary/aromatic N) is 3. The molecule has 1 aromatic heterocycles. The van der Waals surface area contributed by atoms with Gasteiger partial charge in [-0.05, 0) is 36.8 Å². The van der Waals surface area contributed by atoms with Gasteiger partial charge in [-0.25, -0.2) is 0 Å².